The summed E-state index contributed by atoms with van der Waals surface area (Å²) in [6, 6.07) is 12.2. The maximum Gasteiger partial charge on any atom is 0.435 e. The first-order chi connectivity index (χ1) is 15.7. The van der Waals surface area contributed by atoms with Crippen LogP contribution in [0, 0.1) is 12.7 Å². The quantitative estimate of drug-likeness (QED) is 0.418. The van der Waals surface area contributed by atoms with Crippen molar-refractivity contribution in [2.75, 3.05) is 5.32 Å². The Balaban J connectivity index is 1.60. The highest BCUT2D eigenvalue weighted by atomic mass is 19.4. The molecule has 2 aromatic heterocycles. The van der Waals surface area contributed by atoms with E-state index in [1.165, 1.54) is 12.3 Å². The summed E-state index contributed by atoms with van der Waals surface area (Å²) >= 11 is 0. The van der Waals surface area contributed by atoms with Crippen LogP contribution in [-0.2, 0) is 6.18 Å². The van der Waals surface area contributed by atoms with Gasteiger partial charge >= 0.3 is 6.18 Å². The van der Waals surface area contributed by atoms with Crippen LogP contribution in [0.25, 0.3) is 5.69 Å². The van der Waals surface area contributed by atoms with Gasteiger partial charge in [0.2, 0.25) is 0 Å². The van der Waals surface area contributed by atoms with Gasteiger partial charge in [-0.1, -0.05) is 5.21 Å². The zero-order chi connectivity index (χ0) is 23.6. The lowest BCUT2D eigenvalue weighted by molar-refractivity contribution is -0.143. The number of nitrogens with one attached hydrogen (secondary N) is 1. The van der Waals surface area contributed by atoms with Gasteiger partial charge in [-0.25, -0.2) is 9.07 Å². The fourth-order valence-corrected chi connectivity index (χ4v) is 3.02. The normalized spacial score (nSPS) is 11.3. The first-order valence-electron chi connectivity index (χ1n) is 9.51. The molecule has 2 aromatic carbocycles. The fourth-order valence-electron chi connectivity index (χ4n) is 3.02. The summed E-state index contributed by atoms with van der Waals surface area (Å²) < 4.78 is 60.6. The highest BCUT2D eigenvalue weighted by Crippen LogP contribution is 2.33. The molecular formula is C22H15F4N5O2. The standard InChI is InChI=1S/C22H15F4N5O2/c1-13-11-15(6-9-18(13)33-17-3-2-10-27-12-17)28-21(32)19-20(22(24,25)26)31(30-29-19)16-7-4-14(23)5-8-16/h2-12H,1H3,(H,28,32). The summed E-state index contributed by atoms with van der Waals surface area (Å²) in [4.78, 5) is 16.6. The van der Waals surface area contributed by atoms with E-state index in [-0.39, 0.29) is 11.4 Å². The van der Waals surface area contributed by atoms with Crippen LogP contribution < -0.4 is 10.1 Å². The number of rotatable bonds is 5. The average Bonchev–Trinajstić information content (AvgIpc) is 3.23. The number of anilines is 1. The van der Waals surface area contributed by atoms with Crippen molar-refractivity contribution in [3.63, 3.8) is 0 Å². The molecular weight excluding hydrogens is 442 g/mol. The summed E-state index contributed by atoms with van der Waals surface area (Å²) in [6.45, 7) is 1.72. The van der Waals surface area contributed by atoms with Gasteiger partial charge in [0, 0.05) is 11.9 Å². The predicted octanol–water partition coefficient (Wildman–Crippen LogP) is 5.17. The second kappa shape index (κ2) is 8.69. The molecule has 1 amide bonds. The molecule has 0 fully saturated rings. The molecule has 7 nitrogen and oxygen atoms in total. The van der Waals surface area contributed by atoms with E-state index in [1.54, 1.807) is 37.4 Å². The summed E-state index contributed by atoms with van der Waals surface area (Å²) in [5.41, 5.74) is -1.52. The van der Waals surface area contributed by atoms with Crippen molar-refractivity contribution in [3.8, 4) is 17.2 Å². The van der Waals surface area contributed by atoms with Gasteiger partial charge in [-0.3, -0.25) is 9.78 Å². The molecule has 1 N–H and O–H groups in total. The number of carbonyl (C=O) groups excluding carboxylic acids is 1. The maximum absolute atomic E-state index is 13.8. The van der Waals surface area contributed by atoms with Crippen LogP contribution in [-0.4, -0.2) is 25.9 Å². The van der Waals surface area contributed by atoms with Crippen LogP contribution in [0.15, 0.2) is 67.0 Å². The Morgan fingerprint density at radius 3 is 2.48 bits per heavy atom. The van der Waals surface area contributed by atoms with Crippen molar-refractivity contribution in [1.29, 1.82) is 0 Å². The van der Waals surface area contributed by atoms with E-state index < -0.39 is 29.3 Å². The lowest BCUT2D eigenvalue weighted by Crippen LogP contribution is -2.21. The van der Waals surface area contributed by atoms with Gasteiger partial charge < -0.3 is 10.1 Å². The minimum Gasteiger partial charge on any atom is -0.455 e. The Morgan fingerprint density at radius 1 is 1.09 bits per heavy atom. The van der Waals surface area contributed by atoms with Gasteiger partial charge in [-0.15, -0.1) is 5.10 Å². The molecule has 0 saturated carbocycles. The molecule has 0 radical (unpaired) electrons. The molecule has 33 heavy (non-hydrogen) atoms. The largest absolute Gasteiger partial charge is 0.455 e. The third-order valence-corrected chi connectivity index (χ3v) is 4.52. The van der Waals surface area contributed by atoms with Gasteiger partial charge in [0.1, 0.15) is 17.3 Å². The molecule has 0 bridgehead atoms. The van der Waals surface area contributed by atoms with E-state index >= 15 is 0 Å². The van der Waals surface area contributed by atoms with E-state index in [0.29, 0.717) is 21.7 Å². The number of benzene rings is 2. The van der Waals surface area contributed by atoms with Crippen molar-refractivity contribution in [2.24, 2.45) is 0 Å². The Labute approximate surface area is 184 Å². The number of nitrogens with zero attached hydrogens (tertiary/aromatic N) is 4. The number of amides is 1. The van der Waals surface area contributed by atoms with Crippen LogP contribution in [0.4, 0.5) is 23.2 Å². The van der Waals surface area contributed by atoms with Crippen LogP contribution in [0.5, 0.6) is 11.5 Å². The Kier molecular flexibility index (Phi) is 5.78. The van der Waals surface area contributed by atoms with Gasteiger partial charge in [0.25, 0.3) is 5.91 Å². The van der Waals surface area contributed by atoms with E-state index in [4.69, 9.17) is 4.74 Å². The van der Waals surface area contributed by atoms with Crippen LogP contribution >= 0.6 is 0 Å². The van der Waals surface area contributed by atoms with E-state index in [0.717, 1.165) is 24.3 Å². The second-order valence-electron chi connectivity index (χ2n) is 6.90. The fraction of sp³-hybridized carbons (Fsp3) is 0.0909. The molecule has 0 unspecified atom stereocenters. The molecule has 168 valence electrons. The first kappa shape index (κ1) is 21.9. The molecule has 11 heteroatoms. The molecule has 0 aliphatic rings. The summed E-state index contributed by atoms with van der Waals surface area (Å²) in [7, 11) is 0. The van der Waals surface area contributed by atoms with Gasteiger partial charge in [-0.05, 0) is 67.1 Å². The Morgan fingerprint density at radius 2 is 1.85 bits per heavy atom. The van der Waals surface area contributed by atoms with Crippen molar-refractivity contribution in [3.05, 3.63) is 89.8 Å². The molecule has 4 rings (SSSR count). The third kappa shape index (κ3) is 4.81. The van der Waals surface area contributed by atoms with E-state index in [9.17, 15) is 22.4 Å². The van der Waals surface area contributed by atoms with Crippen molar-refractivity contribution in [1.82, 2.24) is 20.0 Å². The van der Waals surface area contributed by atoms with E-state index in [1.807, 2.05) is 0 Å². The number of aromatic nitrogens is 4. The van der Waals surface area contributed by atoms with Gasteiger partial charge in [0.05, 0.1) is 11.9 Å². The van der Waals surface area contributed by atoms with E-state index in [2.05, 4.69) is 20.6 Å². The monoisotopic (exact) mass is 457 g/mol. The minimum absolute atomic E-state index is 0.0944. The summed E-state index contributed by atoms with van der Waals surface area (Å²) in [5.74, 6) is -0.739. The molecule has 0 spiro atoms. The van der Waals surface area contributed by atoms with Crippen LogP contribution in [0.1, 0.15) is 21.7 Å². The average molecular weight is 457 g/mol. The number of carbonyl (C=O) groups is 1. The molecule has 2 heterocycles. The molecule has 4 aromatic rings. The maximum atomic E-state index is 13.8. The molecule has 0 saturated heterocycles. The Bertz CT molecular complexity index is 1290. The second-order valence-corrected chi connectivity index (χ2v) is 6.90. The van der Waals surface area contributed by atoms with Crippen LogP contribution in [0.3, 0.4) is 0 Å². The first-order valence-corrected chi connectivity index (χ1v) is 9.51. The number of hydrogen-bond acceptors (Lipinski definition) is 5. The van der Waals surface area contributed by atoms with Crippen molar-refractivity contribution < 1.29 is 27.1 Å². The predicted molar refractivity (Wildman–Crippen MR) is 110 cm³/mol. The number of ether oxygens (including phenoxy) is 1. The van der Waals surface area contributed by atoms with Crippen LogP contribution in [0.2, 0.25) is 0 Å². The van der Waals surface area contributed by atoms with Crippen molar-refractivity contribution >= 4 is 11.6 Å². The number of alkyl halides is 3. The topological polar surface area (TPSA) is 81.9 Å². The minimum atomic E-state index is -4.94. The highest BCUT2D eigenvalue weighted by molar-refractivity contribution is 6.03. The summed E-state index contributed by atoms with van der Waals surface area (Å²) in [5, 5.41) is 9.28. The van der Waals surface area contributed by atoms with Gasteiger partial charge in [-0.2, -0.15) is 13.2 Å². The Hall–Kier alpha value is -4.28. The molecule has 0 atom stereocenters. The third-order valence-electron chi connectivity index (χ3n) is 4.52. The van der Waals surface area contributed by atoms with Gasteiger partial charge in [0.15, 0.2) is 11.4 Å². The zero-order valence-corrected chi connectivity index (χ0v) is 17.0. The number of hydrogen-bond donors (Lipinski definition) is 1. The summed E-state index contributed by atoms with van der Waals surface area (Å²) in [6.07, 6.45) is -1.82. The number of aryl methyl sites for hydroxylation is 1. The number of pyridine rings is 1. The molecule has 0 aliphatic heterocycles. The zero-order valence-electron chi connectivity index (χ0n) is 17.0. The van der Waals surface area contributed by atoms with Crippen molar-refractivity contribution in [2.45, 2.75) is 13.1 Å². The lowest BCUT2D eigenvalue weighted by Gasteiger charge is -2.12. The molecule has 0 aliphatic carbocycles. The SMILES string of the molecule is Cc1cc(NC(=O)c2nnn(-c3ccc(F)cc3)c2C(F)(F)F)ccc1Oc1cccnc1. The smallest absolute Gasteiger partial charge is 0.435 e. The lowest BCUT2D eigenvalue weighted by atomic mass is 10.2. The highest BCUT2D eigenvalue weighted by Gasteiger charge is 2.42. The number of halogens is 4.